The first-order chi connectivity index (χ1) is 9.45. The Bertz CT molecular complexity index is 360. The second-order valence-corrected chi connectivity index (χ2v) is 5.17. The zero-order valence-corrected chi connectivity index (χ0v) is 12.6. The fourth-order valence-corrected chi connectivity index (χ4v) is 2.14. The molecular weight excluding hydrogens is 260 g/mol. The van der Waals surface area contributed by atoms with Crippen molar-refractivity contribution in [2.45, 2.75) is 33.6 Å². The van der Waals surface area contributed by atoms with Crippen molar-refractivity contribution in [2.24, 2.45) is 5.92 Å². The van der Waals surface area contributed by atoms with Gasteiger partial charge in [-0.1, -0.05) is 13.8 Å². The van der Waals surface area contributed by atoms with Crippen LogP contribution < -0.4 is 0 Å². The number of hydrogen-bond donors (Lipinski definition) is 0. The van der Waals surface area contributed by atoms with Crippen LogP contribution in [0.5, 0.6) is 0 Å². The predicted octanol–water partition coefficient (Wildman–Crippen LogP) is 0.656. The lowest BCUT2D eigenvalue weighted by Crippen LogP contribution is -2.51. The SMILES string of the molecule is CCOC(=O)CCC(=O)N1CCN(C(=O)C(C)C)CC1. The number of carbonyl (C=O) groups excluding carboxylic acids is 3. The standard InChI is InChI=1S/C14H24N2O4/c1-4-20-13(18)6-5-12(17)15-7-9-16(10-8-15)14(19)11(2)3/h11H,4-10H2,1-3H3. The van der Waals surface area contributed by atoms with Crippen molar-refractivity contribution in [3.05, 3.63) is 0 Å². The maximum Gasteiger partial charge on any atom is 0.306 e. The third-order valence-electron chi connectivity index (χ3n) is 3.29. The highest BCUT2D eigenvalue weighted by Crippen LogP contribution is 2.09. The fourth-order valence-electron chi connectivity index (χ4n) is 2.14. The first-order valence-corrected chi connectivity index (χ1v) is 7.17. The second-order valence-electron chi connectivity index (χ2n) is 5.17. The van der Waals surface area contributed by atoms with Crippen LogP contribution in [0.4, 0.5) is 0 Å². The Morgan fingerprint density at radius 3 is 2.05 bits per heavy atom. The molecule has 0 aromatic carbocycles. The molecule has 0 atom stereocenters. The van der Waals surface area contributed by atoms with Gasteiger partial charge in [0.25, 0.3) is 0 Å². The number of esters is 1. The van der Waals surface area contributed by atoms with E-state index in [1.54, 1.807) is 16.7 Å². The second kappa shape index (κ2) is 7.87. The van der Waals surface area contributed by atoms with Gasteiger partial charge in [-0.2, -0.15) is 0 Å². The highest BCUT2D eigenvalue weighted by atomic mass is 16.5. The molecule has 6 nitrogen and oxygen atoms in total. The van der Waals surface area contributed by atoms with Crippen molar-refractivity contribution in [3.8, 4) is 0 Å². The summed E-state index contributed by atoms with van der Waals surface area (Å²) in [6, 6.07) is 0. The molecule has 1 rings (SSSR count). The monoisotopic (exact) mass is 284 g/mol. The summed E-state index contributed by atoms with van der Waals surface area (Å²) < 4.78 is 4.79. The van der Waals surface area contributed by atoms with Gasteiger partial charge in [0.1, 0.15) is 0 Å². The molecule has 0 radical (unpaired) electrons. The number of piperazine rings is 1. The summed E-state index contributed by atoms with van der Waals surface area (Å²) in [7, 11) is 0. The van der Waals surface area contributed by atoms with Crippen LogP contribution in [0.15, 0.2) is 0 Å². The van der Waals surface area contributed by atoms with E-state index >= 15 is 0 Å². The summed E-state index contributed by atoms with van der Waals surface area (Å²) in [4.78, 5) is 38.5. The molecule has 0 unspecified atom stereocenters. The Morgan fingerprint density at radius 1 is 1.00 bits per heavy atom. The molecule has 0 bridgehead atoms. The molecule has 0 aromatic rings. The molecule has 2 amide bonds. The number of rotatable bonds is 5. The highest BCUT2D eigenvalue weighted by molar-refractivity contribution is 5.82. The van der Waals surface area contributed by atoms with E-state index in [0.29, 0.717) is 32.8 Å². The lowest BCUT2D eigenvalue weighted by atomic mass is 10.1. The summed E-state index contributed by atoms with van der Waals surface area (Å²) in [5, 5.41) is 0. The van der Waals surface area contributed by atoms with Crippen molar-refractivity contribution < 1.29 is 19.1 Å². The summed E-state index contributed by atoms with van der Waals surface area (Å²) in [6.45, 7) is 8.05. The van der Waals surface area contributed by atoms with Crippen LogP contribution >= 0.6 is 0 Å². The summed E-state index contributed by atoms with van der Waals surface area (Å²) in [5.41, 5.74) is 0. The van der Waals surface area contributed by atoms with Crippen LogP contribution in [0, 0.1) is 5.92 Å². The molecule has 0 spiro atoms. The molecule has 0 saturated carbocycles. The Morgan fingerprint density at radius 2 is 1.55 bits per heavy atom. The van der Waals surface area contributed by atoms with E-state index in [1.165, 1.54) is 0 Å². The quantitative estimate of drug-likeness (QED) is 0.695. The first kappa shape index (κ1) is 16.5. The van der Waals surface area contributed by atoms with Crippen molar-refractivity contribution in [3.63, 3.8) is 0 Å². The van der Waals surface area contributed by atoms with Crippen LogP contribution in [0.3, 0.4) is 0 Å². The van der Waals surface area contributed by atoms with Crippen molar-refractivity contribution in [2.75, 3.05) is 32.8 Å². The summed E-state index contributed by atoms with van der Waals surface area (Å²) >= 11 is 0. The molecule has 1 fully saturated rings. The minimum Gasteiger partial charge on any atom is -0.466 e. The first-order valence-electron chi connectivity index (χ1n) is 7.17. The van der Waals surface area contributed by atoms with E-state index in [-0.39, 0.29) is 36.5 Å². The fraction of sp³-hybridized carbons (Fsp3) is 0.786. The zero-order valence-electron chi connectivity index (χ0n) is 12.6. The molecule has 6 heteroatoms. The van der Waals surface area contributed by atoms with Gasteiger partial charge in [-0.25, -0.2) is 0 Å². The van der Waals surface area contributed by atoms with E-state index in [2.05, 4.69) is 0 Å². The number of amides is 2. The molecule has 20 heavy (non-hydrogen) atoms. The highest BCUT2D eigenvalue weighted by Gasteiger charge is 2.25. The number of nitrogens with zero attached hydrogens (tertiary/aromatic N) is 2. The molecule has 0 N–H and O–H groups in total. The van der Waals surface area contributed by atoms with E-state index in [1.807, 2.05) is 13.8 Å². The van der Waals surface area contributed by atoms with Crippen molar-refractivity contribution in [1.82, 2.24) is 9.80 Å². The summed E-state index contributed by atoms with van der Waals surface area (Å²) in [5.74, 6) is -0.270. The summed E-state index contributed by atoms with van der Waals surface area (Å²) in [6.07, 6.45) is 0.300. The Balaban J connectivity index is 2.32. The maximum absolute atomic E-state index is 11.9. The van der Waals surface area contributed by atoms with E-state index in [4.69, 9.17) is 4.74 Å². The van der Waals surface area contributed by atoms with Crippen LogP contribution in [0.25, 0.3) is 0 Å². The molecular formula is C14H24N2O4. The average Bonchev–Trinajstić information content (AvgIpc) is 2.44. The van der Waals surface area contributed by atoms with Gasteiger partial charge >= 0.3 is 5.97 Å². The molecule has 114 valence electrons. The Kier molecular flexibility index (Phi) is 6.48. The van der Waals surface area contributed by atoms with Gasteiger partial charge in [0.2, 0.25) is 11.8 Å². The van der Waals surface area contributed by atoms with Crippen molar-refractivity contribution >= 4 is 17.8 Å². The van der Waals surface area contributed by atoms with Gasteiger partial charge in [0, 0.05) is 38.5 Å². The maximum atomic E-state index is 11.9. The molecule has 1 saturated heterocycles. The number of hydrogen-bond acceptors (Lipinski definition) is 4. The normalized spacial score (nSPS) is 15.4. The molecule has 0 aromatic heterocycles. The minimum atomic E-state index is -0.338. The van der Waals surface area contributed by atoms with E-state index in [0.717, 1.165) is 0 Å². The van der Waals surface area contributed by atoms with Gasteiger partial charge in [-0.3, -0.25) is 14.4 Å². The minimum absolute atomic E-state index is 0.0129. The van der Waals surface area contributed by atoms with Crippen LogP contribution in [-0.4, -0.2) is 60.4 Å². The van der Waals surface area contributed by atoms with Gasteiger partial charge in [0.05, 0.1) is 13.0 Å². The van der Waals surface area contributed by atoms with Crippen LogP contribution in [0.1, 0.15) is 33.6 Å². The van der Waals surface area contributed by atoms with Crippen LogP contribution in [-0.2, 0) is 19.1 Å². The Hall–Kier alpha value is -1.59. The number of carbonyl (C=O) groups is 3. The Labute approximate surface area is 120 Å². The van der Waals surface area contributed by atoms with Crippen LogP contribution in [0.2, 0.25) is 0 Å². The zero-order chi connectivity index (χ0) is 15.1. The van der Waals surface area contributed by atoms with E-state index in [9.17, 15) is 14.4 Å². The molecule has 0 aliphatic carbocycles. The van der Waals surface area contributed by atoms with Crippen molar-refractivity contribution in [1.29, 1.82) is 0 Å². The van der Waals surface area contributed by atoms with E-state index < -0.39 is 0 Å². The molecule has 1 aliphatic rings. The van der Waals surface area contributed by atoms with Gasteiger partial charge < -0.3 is 14.5 Å². The topological polar surface area (TPSA) is 66.9 Å². The third kappa shape index (κ3) is 4.83. The molecule has 1 aliphatic heterocycles. The lowest BCUT2D eigenvalue weighted by molar-refractivity contribution is -0.146. The number of ether oxygens (including phenoxy) is 1. The van der Waals surface area contributed by atoms with Gasteiger partial charge in [0.15, 0.2) is 0 Å². The van der Waals surface area contributed by atoms with Gasteiger partial charge in [-0.05, 0) is 6.92 Å². The smallest absolute Gasteiger partial charge is 0.306 e. The predicted molar refractivity (Wildman–Crippen MR) is 73.9 cm³/mol. The lowest BCUT2D eigenvalue weighted by Gasteiger charge is -2.35. The third-order valence-corrected chi connectivity index (χ3v) is 3.29. The molecule has 1 heterocycles. The van der Waals surface area contributed by atoms with Gasteiger partial charge in [-0.15, -0.1) is 0 Å². The largest absolute Gasteiger partial charge is 0.466 e. The average molecular weight is 284 g/mol.